The van der Waals surface area contributed by atoms with E-state index < -0.39 is 0 Å². The molecule has 6 heteroatoms. The number of carbonyl (C=O) groups is 1. The maximum absolute atomic E-state index is 11.8. The number of amides is 1. The second-order valence-corrected chi connectivity index (χ2v) is 5.32. The lowest BCUT2D eigenvalue weighted by molar-refractivity contribution is -0.118. The van der Waals surface area contributed by atoms with E-state index in [9.17, 15) is 4.79 Å². The van der Waals surface area contributed by atoms with Crippen molar-refractivity contribution < 1.29 is 9.53 Å². The zero-order valence-corrected chi connectivity index (χ0v) is 12.7. The van der Waals surface area contributed by atoms with Crippen LogP contribution in [0.5, 0.6) is 5.75 Å². The zero-order valence-electron chi connectivity index (χ0n) is 10.4. The normalized spacial score (nSPS) is 10.1. The van der Waals surface area contributed by atoms with Crippen LogP contribution in [0.25, 0.3) is 0 Å². The highest BCUT2D eigenvalue weighted by molar-refractivity contribution is 9.10. The van der Waals surface area contributed by atoms with Crippen molar-refractivity contribution in [3.05, 3.63) is 52.0 Å². The highest BCUT2D eigenvalue weighted by Gasteiger charge is 2.08. The molecule has 0 aliphatic rings. The molecule has 0 fully saturated rings. The van der Waals surface area contributed by atoms with E-state index in [1.54, 1.807) is 42.5 Å². The minimum atomic E-state index is -0.307. The van der Waals surface area contributed by atoms with Gasteiger partial charge in [-0.25, -0.2) is 0 Å². The summed E-state index contributed by atoms with van der Waals surface area (Å²) in [6.45, 7) is -0.148. The maximum Gasteiger partial charge on any atom is 0.262 e. The van der Waals surface area contributed by atoms with Gasteiger partial charge in [0.25, 0.3) is 5.91 Å². The summed E-state index contributed by atoms with van der Waals surface area (Å²) >= 11 is 9.28. The van der Waals surface area contributed by atoms with Gasteiger partial charge in [0.05, 0.1) is 16.4 Å². The van der Waals surface area contributed by atoms with Crippen molar-refractivity contribution in [1.82, 2.24) is 0 Å². The summed E-state index contributed by atoms with van der Waals surface area (Å²) in [6, 6.07) is 12.2. The largest absolute Gasteiger partial charge is 0.482 e. The minimum Gasteiger partial charge on any atom is -0.482 e. The first-order chi connectivity index (χ1) is 9.56. The Bertz CT molecular complexity index is 634. The third kappa shape index (κ3) is 3.88. The van der Waals surface area contributed by atoms with E-state index in [1.807, 2.05) is 0 Å². The molecule has 2 aromatic carbocycles. The van der Waals surface area contributed by atoms with E-state index in [0.29, 0.717) is 22.1 Å². The molecule has 0 aliphatic heterocycles. The molecule has 0 aromatic heterocycles. The van der Waals surface area contributed by atoms with Gasteiger partial charge in [-0.2, -0.15) is 0 Å². The Morgan fingerprint density at radius 2 is 2.05 bits per heavy atom. The van der Waals surface area contributed by atoms with Gasteiger partial charge in [-0.05, 0) is 30.3 Å². The SMILES string of the molecule is Nc1ccccc1NC(=O)COc1cc(Br)ccc1Cl. The van der Waals surface area contributed by atoms with Crippen LogP contribution in [0.1, 0.15) is 0 Å². The van der Waals surface area contributed by atoms with Crippen LogP contribution in [0.4, 0.5) is 11.4 Å². The highest BCUT2D eigenvalue weighted by atomic mass is 79.9. The number of nitrogens with one attached hydrogen (secondary N) is 1. The lowest BCUT2D eigenvalue weighted by atomic mass is 10.3. The van der Waals surface area contributed by atoms with E-state index in [0.717, 1.165) is 4.47 Å². The van der Waals surface area contributed by atoms with Crippen LogP contribution in [-0.4, -0.2) is 12.5 Å². The Kier molecular flexibility index (Phi) is 4.87. The number of halogens is 2. The van der Waals surface area contributed by atoms with E-state index in [1.165, 1.54) is 0 Å². The Labute approximate surface area is 130 Å². The number of hydrogen-bond acceptors (Lipinski definition) is 3. The molecular formula is C14H12BrClN2O2. The smallest absolute Gasteiger partial charge is 0.262 e. The number of ether oxygens (including phenoxy) is 1. The summed E-state index contributed by atoms with van der Waals surface area (Å²) < 4.78 is 6.20. The second-order valence-electron chi connectivity index (χ2n) is 4.00. The van der Waals surface area contributed by atoms with Gasteiger partial charge in [0, 0.05) is 4.47 Å². The van der Waals surface area contributed by atoms with Crippen molar-refractivity contribution >= 4 is 44.8 Å². The minimum absolute atomic E-state index is 0.148. The van der Waals surface area contributed by atoms with Gasteiger partial charge in [-0.3, -0.25) is 4.79 Å². The van der Waals surface area contributed by atoms with Crippen LogP contribution in [0.3, 0.4) is 0 Å². The third-order valence-electron chi connectivity index (χ3n) is 2.49. The van der Waals surface area contributed by atoms with E-state index in [-0.39, 0.29) is 12.5 Å². The molecule has 0 spiro atoms. The first kappa shape index (κ1) is 14.7. The predicted octanol–water partition coefficient (Wildman–Crippen LogP) is 3.70. The number of benzene rings is 2. The Morgan fingerprint density at radius 3 is 2.80 bits per heavy atom. The summed E-state index contributed by atoms with van der Waals surface area (Å²) in [7, 11) is 0. The summed E-state index contributed by atoms with van der Waals surface area (Å²) in [4.78, 5) is 11.8. The van der Waals surface area contributed by atoms with Gasteiger partial charge in [0.1, 0.15) is 5.75 Å². The topological polar surface area (TPSA) is 64.3 Å². The fraction of sp³-hybridized carbons (Fsp3) is 0.0714. The molecule has 0 unspecified atom stereocenters. The van der Waals surface area contributed by atoms with Gasteiger partial charge in [0.15, 0.2) is 6.61 Å². The molecule has 0 heterocycles. The summed E-state index contributed by atoms with van der Waals surface area (Å²) in [5.41, 5.74) is 6.80. The molecule has 2 aromatic rings. The standard InChI is InChI=1S/C14H12BrClN2O2/c15-9-5-6-10(16)13(7-9)20-8-14(19)18-12-4-2-1-3-11(12)17/h1-7H,8,17H2,(H,18,19). The molecule has 0 bridgehead atoms. The van der Waals surface area contributed by atoms with Crippen molar-refractivity contribution in [2.75, 3.05) is 17.7 Å². The average Bonchev–Trinajstić information content (AvgIpc) is 2.42. The number of rotatable bonds is 4. The van der Waals surface area contributed by atoms with Crippen molar-refractivity contribution in [3.63, 3.8) is 0 Å². The molecule has 104 valence electrons. The fourth-order valence-electron chi connectivity index (χ4n) is 1.53. The van der Waals surface area contributed by atoms with Gasteiger partial charge < -0.3 is 15.8 Å². The number of hydrogen-bond donors (Lipinski definition) is 2. The summed E-state index contributed by atoms with van der Waals surface area (Å²) in [6.07, 6.45) is 0. The van der Waals surface area contributed by atoms with E-state index >= 15 is 0 Å². The van der Waals surface area contributed by atoms with Crippen LogP contribution in [0, 0.1) is 0 Å². The van der Waals surface area contributed by atoms with Crippen molar-refractivity contribution in [2.45, 2.75) is 0 Å². The summed E-state index contributed by atoms with van der Waals surface area (Å²) in [5.74, 6) is 0.135. The van der Waals surface area contributed by atoms with Crippen LogP contribution in [-0.2, 0) is 4.79 Å². The average molecular weight is 356 g/mol. The third-order valence-corrected chi connectivity index (χ3v) is 3.29. The lowest BCUT2D eigenvalue weighted by Gasteiger charge is -2.10. The number of carbonyl (C=O) groups excluding carboxylic acids is 1. The molecule has 1 amide bonds. The van der Waals surface area contributed by atoms with Crippen molar-refractivity contribution in [3.8, 4) is 5.75 Å². The maximum atomic E-state index is 11.8. The van der Waals surface area contributed by atoms with Crippen LogP contribution in [0.2, 0.25) is 5.02 Å². The fourth-order valence-corrected chi connectivity index (χ4v) is 2.04. The van der Waals surface area contributed by atoms with E-state index in [2.05, 4.69) is 21.2 Å². The molecule has 20 heavy (non-hydrogen) atoms. The van der Waals surface area contributed by atoms with Gasteiger partial charge in [-0.1, -0.05) is 39.7 Å². The van der Waals surface area contributed by atoms with Crippen LogP contribution < -0.4 is 15.8 Å². The number of para-hydroxylation sites is 2. The van der Waals surface area contributed by atoms with Gasteiger partial charge in [-0.15, -0.1) is 0 Å². The molecule has 0 saturated carbocycles. The second kappa shape index (κ2) is 6.63. The number of nitrogen functional groups attached to an aromatic ring is 1. The van der Waals surface area contributed by atoms with Crippen LogP contribution >= 0.6 is 27.5 Å². The first-order valence-electron chi connectivity index (χ1n) is 5.78. The zero-order chi connectivity index (χ0) is 14.5. The van der Waals surface area contributed by atoms with Crippen LogP contribution in [0.15, 0.2) is 46.9 Å². The quantitative estimate of drug-likeness (QED) is 0.822. The summed E-state index contributed by atoms with van der Waals surface area (Å²) in [5, 5.41) is 3.12. The Balaban J connectivity index is 1.96. The Morgan fingerprint density at radius 1 is 1.30 bits per heavy atom. The molecule has 0 atom stereocenters. The van der Waals surface area contributed by atoms with Crippen molar-refractivity contribution in [2.24, 2.45) is 0 Å². The molecular weight excluding hydrogens is 344 g/mol. The van der Waals surface area contributed by atoms with E-state index in [4.69, 9.17) is 22.1 Å². The molecule has 0 radical (unpaired) electrons. The lowest BCUT2D eigenvalue weighted by Crippen LogP contribution is -2.20. The molecule has 4 nitrogen and oxygen atoms in total. The first-order valence-corrected chi connectivity index (χ1v) is 6.95. The number of nitrogens with two attached hydrogens (primary N) is 1. The van der Waals surface area contributed by atoms with Gasteiger partial charge in [0.2, 0.25) is 0 Å². The highest BCUT2D eigenvalue weighted by Crippen LogP contribution is 2.27. The molecule has 2 rings (SSSR count). The number of anilines is 2. The molecule has 0 aliphatic carbocycles. The van der Waals surface area contributed by atoms with Gasteiger partial charge >= 0.3 is 0 Å². The molecule has 0 saturated heterocycles. The molecule has 3 N–H and O–H groups in total. The van der Waals surface area contributed by atoms with Crippen molar-refractivity contribution in [1.29, 1.82) is 0 Å². The Hall–Kier alpha value is -1.72. The predicted molar refractivity (Wildman–Crippen MR) is 84.1 cm³/mol. The monoisotopic (exact) mass is 354 g/mol.